The van der Waals surface area contributed by atoms with Crippen LogP contribution in [-0.4, -0.2) is 80.3 Å². The van der Waals surface area contributed by atoms with Crippen LogP contribution in [-0.2, 0) is 14.3 Å². The molecular formula is C35H64O8. The number of unbranched alkanes of at least 4 members (excludes halogenated alkanes) is 11. The molecule has 2 rings (SSSR count). The van der Waals surface area contributed by atoms with Crippen LogP contribution in [0.25, 0.3) is 0 Å². The molecule has 0 radical (unpaired) electrons. The first-order valence-corrected chi connectivity index (χ1v) is 17.7. The predicted octanol–water partition coefficient (Wildman–Crippen LogP) is 6.03. The van der Waals surface area contributed by atoms with Crippen LogP contribution in [0.3, 0.4) is 0 Å². The van der Waals surface area contributed by atoms with E-state index in [-0.39, 0.29) is 30.7 Å². The molecule has 0 aromatic carbocycles. The highest BCUT2D eigenvalue weighted by Gasteiger charge is 2.34. The highest BCUT2D eigenvalue weighted by molar-refractivity contribution is 5.90. The minimum atomic E-state index is -0.688. The minimum absolute atomic E-state index is 0.217. The van der Waals surface area contributed by atoms with Gasteiger partial charge in [0.1, 0.15) is 6.10 Å². The summed E-state index contributed by atoms with van der Waals surface area (Å²) in [6.07, 6.45) is 17.9. The molecule has 0 aromatic heterocycles. The van der Waals surface area contributed by atoms with Crippen LogP contribution in [0.4, 0.5) is 0 Å². The first-order chi connectivity index (χ1) is 20.7. The molecule has 2 heterocycles. The molecule has 0 spiro atoms. The Morgan fingerprint density at radius 3 is 1.74 bits per heavy atom. The summed E-state index contributed by atoms with van der Waals surface area (Å²) in [5.41, 5.74) is 0.547. The number of hydrogen-bond donors (Lipinski definition) is 5. The van der Waals surface area contributed by atoms with E-state index >= 15 is 0 Å². The summed E-state index contributed by atoms with van der Waals surface area (Å²) >= 11 is 0. The summed E-state index contributed by atoms with van der Waals surface area (Å²) in [6, 6.07) is 0. The van der Waals surface area contributed by atoms with Crippen LogP contribution in [0.15, 0.2) is 11.6 Å². The molecule has 252 valence electrons. The zero-order valence-electron chi connectivity index (χ0n) is 27.2. The van der Waals surface area contributed by atoms with Crippen molar-refractivity contribution in [1.29, 1.82) is 0 Å². The zero-order chi connectivity index (χ0) is 31.5. The van der Waals surface area contributed by atoms with Gasteiger partial charge in [-0.15, -0.1) is 0 Å². The number of cyclic esters (lactones) is 1. The summed E-state index contributed by atoms with van der Waals surface area (Å²) < 4.78 is 11.1. The van der Waals surface area contributed by atoms with E-state index in [1.807, 2.05) is 0 Å². The average molecular weight is 613 g/mol. The molecule has 0 bridgehead atoms. The molecule has 2 aliphatic rings. The number of carbonyl (C=O) groups excluding carboxylic acids is 1. The first kappa shape index (κ1) is 38.2. The second-order valence-corrected chi connectivity index (χ2v) is 13.3. The topological polar surface area (TPSA) is 137 Å². The van der Waals surface area contributed by atoms with E-state index < -0.39 is 30.5 Å². The molecule has 8 heteroatoms. The van der Waals surface area contributed by atoms with Crippen LogP contribution in [0.5, 0.6) is 0 Å². The van der Waals surface area contributed by atoms with Crippen molar-refractivity contribution >= 4 is 5.97 Å². The summed E-state index contributed by atoms with van der Waals surface area (Å²) in [5, 5.41) is 52.1. The molecule has 1 fully saturated rings. The van der Waals surface area contributed by atoms with E-state index in [4.69, 9.17) is 9.47 Å². The van der Waals surface area contributed by atoms with Gasteiger partial charge in [0.25, 0.3) is 0 Å². The second kappa shape index (κ2) is 22.5. The lowest BCUT2D eigenvalue weighted by Crippen LogP contribution is -2.31. The van der Waals surface area contributed by atoms with E-state index in [9.17, 15) is 30.3 Å². The highest BCUT2D eigenvalue weighted by Crippen LogP contribution is 2.28. The van der Waals surface area contributed by atoms with Crippen LogP contribution in [0, 0.1) is 0 Å². The van der Waals surface area contributed by atoms with Gasteiger partial charge in [0.2, 0.25) is 0 Å². The Hall–Kier alpha value is -1.03. The van der Waals surface area contributed by atoms with Crippen molar-refractivity contribution in [2.45, 2.75) is 204 Å². The molecular weight excluding hydrogens is 548 g/mol. The minimum Gasteiger partial charge on any atom is -0.455 e. The number of aliphatic hydroxyl groups is 5. The molecule has 5 N–H and O–H groups in total. The molecule has 43 heavy (non-hydrogen) atoms. The fraction of sp³-hybridized carbons (Fsp3) is 0.914. The molecule has 8 nitrogen and oxygen atoms in total. The normalized spacial score (nSPS) is 24.0. The molecule has 0 unspecified atom stereocenters. The van der Waals surface area contributed by atoms with Crippen molar-refractivity contribution in [3.05, 3.63) is 11.6 Å². The van der Waals surface area contributed by atoms with Gasteiger partial charge in [-0.25, -0.2) is 4.79 Å². The van der Waals surface area contributed by atoms with Crippen molar-refractivity contribution in [2.24, 2.45) is 0 Å². The molecule has 2 aliphatic heterocycles. The van der Waals surface area contributed by atoms with Crippen LogP contribution < -0.4 is 0 Å². The number of ether oxygens (including phenoxy) is 2. The van der Waals surface area contributed by atoms with Gasteiger partial charge in [0.15, 0.2) is 0 Å². The van der Waals surface area contributed by atoms with Gasteiger partial charge < -0.3 is 35.0 Å². The molecule has 0 aliphatic carbocycles. The summed E-state index contributed by atoms with van der Waals surface area (Å²) in [5.74, 6) is -0.339. The molecule has 1 saturated heterocycles. The number of esters is 1. The average Bonchev–Trinajstić information content (AvgIpc) is 3.58. The summed E-state index contributed by atoms with van der Waals surface area (Å²) in [7, 11) is 0. The van der Waals surface area contributed by atoms with Gasteiger partial charge in [-0.2, -0.15) is 0 Å². The van der Waals surface area contributed by atoms with Crippen LogP contribution >= 0.6 is 0 Å². The Bertz CT molecular complexity index is 758. The maximum atomic E-state index is 11.7. The number of rotatable bonds is 26. The van der Waals surface area contributed by atoms with E-state index in [1.165, 1.54) is 51.4 Å². The van der Waals surface area contributed by atoms with Gasteiger partial charge in [0, 0.05) is 12.0 Å². The van der Waals surface area contributed by atoms with Crippen LogP contribution in [0.2, 0.25) is 0 Å². The van der Waals surface area contributed by atoms with E-state index in [0.717, 1.165) is 51.4 Å². The van der Waals surface area contributed by atoms with Crippen molar-refractivity contribution in [2.75, 3.05) is 0 Å². The summed E-state index contributed by atoms with van der Waals surface area (Å²) in [6.45, 7) is 4.04. The van der Waals surface area contributed by atoms with Crippen molar-refractivity contribution < 1.29 is 39.8 Å². The van der Waals surface area contributed by atoms with Gasteiger partial charge >= 0.3 is 5.97 Å². The number of hydrogen-bond acceptors (Lipinski definition) is 8. The Balaban J connectivity index is 1.46. The lowest BCUT2D eigenvalue weighted by Gasteiger charge is -2.23. The van der Waals surface area contributed by atoms with Gasteiger partial charge in [-0.05, 0) is 64.4 Å². The van der Waals surface area contributed by atoms with E-state index in [2.05, 4.69) is 6.92 Å². The van der Waals surface area contributed by atoms with E-state index in [0.29, 0.717) is 37.7 Å². The highest BCUT2D eigenvalue weighted by atomic mass is 16.5. The fourth-order valence-electron chi connectivity index (χ4n) is 6.45. The largest absolute Gasteiger partial charge is 0.455 e. The Kier molecular flexibility index (Phi) is 19.9. The first-order valence-electron chi connectivity index (χ1n) is 17.7. The quantitative estimate of drug-likeness (QED) is 0.0590. The Morgan fingerprint density at radius 1 is 0.674 bits per heavy atom. The monoisotopic (exact) mass is 612 g/mol. The summed E-state index contributed by atoms with van der Waals surface area (Å²) in [4.78, 5) is 11.7. The predicted molar refractivity (Wildman–Crippen MR) is 170 cm³/mol. The van der Waals surface area contributed by atoms with Crippen LogP contribution in [0.1, 0.15) is 155 Å². The zero-order valence-corrected chi connectivity index (χ0v) is 27.2. The molecule has 8 atom stereocenters. The number of aliphatic hydroxyl groups excluding tert-OH is 5. The van der Waals surface area contributed by atoms with E-state index in [1.54, 1.807) is 13.0 Å². The number of carbonyl (C=O) groups is 1. The smallest absolute Gasteiger partial charge is 0.334 e. The van der Waals surface area contributed by atoms with Crippen molar-refractivity contribution in [1.82, 2.24) is 0 Å². The molecule has 0 saturated carbocycles. The third kappa shape index (κ3) is 16.7. The van der Waals surface area contributed by atoms with Gasteiger partial charge in [0.05, 0.1) is 42.7 Å². The second-order valence-electron chi connectivity index (χ2n) is 13.3. The maximum absolute atomic E-state index is 11.7. The van der Waals surface area contributed by atoms with Crippen molar-refractivity contribution in [3.8, 4) is 0 Å². The maximum Gasteiger partial charge on any atom is 0.334 e. The molecule has 0 aromatic rings. The third-order valence-electron chi connectivity index (χ3n) is 9.16. The fourth-order valence-corrected chi connectivity index (χ4v) is 6.45. The van der Waals surface area contributed by atoms with Crippen molar-refractivity contribution in [3.63, 3.8) is 0 Å². The van der Waals surface area contributed by atoms with Gasteiger partial charge in [-0.1, -0.05) is 90.4 Å². The Morgan fingerprint density at radius 2 is 1.16 bits per heavy atom. The third-order valence-corrected chi connectivity index (χ3v) is 9.16. The lowest BCUT2D eigenvalue weighted by molar-refractivity contribution is -0.139. The molecule has 0 amide bonds. The SMILES string of the molecule is CCCCCCCCCCCC[C@H](O)[C@H]1CC[C@@H]([C@H](O)CC[C@@H](O)C[C@H](O)CCCCC[C@H](O)CC2=C[C@@H](C)OC2=O)O1. The van der Waals surface area contributed by atoms with Gasteiger partial charge in [-0.3, -0.25) is 0 Å². The lowest BCUT2D eigenvalue weighted by atomic mass is 9.97. The standard InChI is InChI=1S/C35H64O8/c1-3-4-5-6-7-8-9-10-11-15-18-31(39)33-21-22-34(43-33)32(40)20-19-30(38)25-29(37)17-14-12-13-16-28(36)24-27-23-26(2)42-35(27)41/h23,26,28-34,36-40H,3-22,24-25H2,1-2H3/t26-,28+,29-,30-,31+,32-,33-,34+/m1/s1. The Labute approximate surface area is 261 Å².